The van der Waals surface area contributed by atoms with Crippen LogP contribution in [0.3, 0.4) is 0 Å². The first-order valence-electron chi connectivity index (χ1n) is 6.64. The SMILES string of the molecule is Fc1ccc2c(c1)OCC(c1cc3c(cn1)OCCS3)O2. The average Bonchev–Trinajstić information content (AvgIpc) is 2.54. The summed E-state index contributed by atoms with van der Waals surface area (Å²) in [5.74, 6) is 2.38. The van der Waals surface area contributed by atoms with Crippen molar-refractivity contribution in [1.82, 2.24) is 4.98 Å². The zero-order valence-electron chi connectivity index (χ0n) is 11.0. The standard InChI is InChI=1S/C15H12FNO3S/c16-9-1-2-11-12(5-9)19-8-14(20-11)10-6-15-13(7-17-10)18-3-4-21-15/h1-2,5-7,14H,3-4,8H2. The number of hydrogen-bond acceptors (Lipinski definition) is 5. The van der Waals surface area contributed by atoms with E-state index in [1.54, 1.807) is 24.0 Å². The molecule has 4 nitrogen and oxygen atoms in total. The van der Waals surface area contributed by atoms with Crippen LogP contribution in [0.1, 0.15) is 11.8 Å². The molecule has 0 saturated carbocycles. The van der Waals surface area contributed by atoms with Crippen LogP contribution in [-0.4, -0.2) is 24.0 Å². The fourth-order valence-electron chi connectivity index (χ4n) is 2.33. The molecule has 6 heteroatoms. The van der Waals surface area contributed by atoms with Crippen molar-refractivity contribution in [2.24, 2.45) is 0 Å². The van der Waals surface area contributed by atoms with Gasteiger partial charge in [0.25, 0.3) is 0 Å². The Morgan fingerprint density at radius 1 is 1.14 bits per heavy atom. The van der Waals surface area contributed by atoms with Crippen molar-refractivity contribution < 1.29 is 18.6 Å². The predicted molar refractivity (Wildman–Crippen MR) is 75.7 cm³/mol. The molecule has 2 aliphatic heterocycles. The molecule has 3 heterocycles. The summed E-state index contributed by atoms with van der Waals surface area (Å²) < 4.78 is 30.1. The monoisotopic (exact) mass is 305 g/mol. The van der Waals surface area contributed by atoms with Crippen LogP contribution in [-0.2, 0) is 0 Å². The molecule has 0 amide bonds. The number of hydrogen-bond donors (Lipinski definition) is 0. The average molecular weight is 305 g/mol. The topological polar surface area (TPSA) is 40.6 Å². The lowest BCUT2D eigenvalue weighted by atomic mass is 10.2. The second-order valence-corrected chi connectivity index (χ2v) is 5.90. The smallest absolute Gasteiger partial charge is 0.174 e. The number of ether oxygens (including phenoxy) is 3. The van der Waals surface area contributed by atoms with E-state index in [1.807, 2.05) is 6.07 Å². The van der Waals surface area contributed by atoms with Gasteiger partial charge in [0.15, 0.2) is 23.4 Å². The van der Waals surface area contributed by atoms with Gasteiger partial charge in [-0.25, -0.2) is 4.39 Å². The minimum atomic E-state index is -0.337. The summed E-state index contributed by atoms with van der Waals surface area (Å²) in [5, 5.41) is 0. The van der Waals surface area contributed by atoms with Crippen molar-refractivity contribution in [2.45, 2.75) is 11.0 Å². The van der Waals surface area contributed by atoms with Gasteiger partial charge in [-0.05, 0) is 18.2 Å². The third kappa shape index (κ3) is 2.40. The molecule has 1 aromatic carbocycles. The first-order valence-corrected chi connectivity index (χ1v) is 7.63. The van der Waals surface area contributed by atoms with Gasteiger partial charge in [0.1, 0.15) is 12.4 Å². The van der Waals surface area contributed by atoms with E-state index < -0.39 is 0 Å². The molecule has 0 spiro atoms. The van der Waals surface area contributed by atoms with E-state index in [0.717, 1.165) is 22.1 Å². The maximum Gasteiger partial charge on any atom is 0.174 e. The second-order valence-electron chi connectivity index (χ2n) is 4.76. The van der Waals surface area contributed by atoms with Gasteiger partial charge in [-0.2, -0.15) is 0 Å². The van der Waals surface area contributed by atoms with E-state index in [2.05, 4.69) is 4.98 Å². The summed E-state index contributed by atoms with van der Waals surface area (Å²) >= 11 is 1.74. The van der Waals surface area contributed by atoms with Crippen LogP contribution in [0.4, 0.5) is 4.39 Å². The number of fused-ring (bicyclic) bond motifs is 2. The van der Waals surface area contributed by atoms with Crippen molar-refractivity contribution in [1.29, 1.82) is 0 Å². The minimum absolute atomic E-state index is 0.296. The third-order valence-electron chi connectivity index (χ3n) is 3.35. The van der Waals surface area contributed by atoms with Crippen molar-refractivity contribution in [2.75, 3.05) is 19.0 Å². The maximum absolute atomic E-state index is 13.1. The molecule has 1 aromatic heterocycles. The molecular formula is C15H12FNO3S. The summed E-state index contributed by atoms with van der Waals surface area (Å²) in [6.07, 6.45) is 1.43. The van der Waals surface area contributed by atoms with Crippen LogP contribution in [0.25, 0.3) is 0 Å². The number of benzene rings is 1. The Balaban J connectivity index is 1.62. The number of aromatic nitrogens is 1. The fraction of sp³-hybridized carbons (Fsp3) is 0.267. The van der Waals surface area contributed by atoms with Crippen LogP contribution < -0.4 is 14.2 Å². The molecule has 21 heavy (non-hydrogen) atoms. The lowest BCUT2D eigenvalue weighted by Gasteiger charge is -2.27. The van der Waals surface area contributed by atoms with Gasteiger partial charge >= 0.3 is 0 Å². The number of thioether (sulfide) groups is 1. The van der Waals surface area contributed by atoms with E-state index >= 15 is 0 Å². The molecule has 2 aromatic rings. The number of pyridine rings is 1. The first kappa shape index (κ1) is 12.8. The highest BCUT2D eigenvalue weighted by atomic mass is 32.2. The summed E-state index contributed by atoms with van der Waals surface area (Å²) in [5.41, 5.74) is 0.793. The van der Waals surface area contributed by atoms with E-state index in [4.69, 9.17) is 14.2 Å². The lowest BCUT2D eigenvalue weighted by molar-refractivity contribution is 0.0875. The molecule has 0 aliphatic carbocycles. The highest BCUT2D eigenvalue weighted by Gasteiger charge is 2.25. The molecule has 108 valence electrons. The normalized spacial score (nSPS) is 19.6. The van der Waals surface area contributed by atoms with Crippen molar-refractivity contribution in [3.8, 4) is 17.2 Å². The second kappa shape index (κ2) is 5.11. The highest BCUT2D eigenvalue weighted by molar-refractivity contribution is 7.99. The maximum atomic E-state index is 13.1. The van der Waals surface area contributed by atoms with Crippen LogP contribution in [0.15, 0.2) is 35.4 Å². The fourth-order valence-corrected chi connectivity index (χ4v) is 3.18. The zero-order valence-corrected chi connectivity index (χ0v) is 11.9. The number of halogens is 1. The zero-order chi connectivity index (χ0) is 14.2. The Kier molecular flexibility index (Phi) is 3.11. The summed E-state index contributed by atoms with van der Waals surface area (Å²) in [4.78, 5) is 5.46. The Hall–Kier alpha value is -1.95. The van der Waals surface area contributed by atoms with Gasteiger partial charge < -0.3 is 14.2 Å². The molecule has 1 unspecified atom stereocenters. The van der Waals surface area contributed by atoms with Crippen molar-refractivity contribution >= 4 is 11.8 Å². The third-order valence-corrected chi connectivity index (χ3v) is 4.35. The summed E-state index contributed by atoms with van der Waals surface area (Å²) in [7, 11) is 0. The van der Waals surface area contributed by atoms with Gasteiger partial charge in [0, 0.05) is 11.8 Å². The van der Waals surface area contributed by atoms with E-state index in [1.165, 1.54) is 12.1 Å². The Labute approximate surface area is 125 Å². The number of nitrogens with zero attached hydrogens (tertiary/aromatic N) is 1. The van der Waals surface area contributed by atoms with Crippen molar-refractivity contribution in [3.05, 3.63) is 42.0 Å². The van der Waals surface area contributed by atoms with E-state index in [-0.39, 0.29) is 11.9 Å². The van der Waals surface area contributed by atoms with Gasteiger partial charge in [-0.3, -0.25) is 4.98 Å². The predicted octanol–water partition coefficient (Wildman–Crippen LogP) is 3.22. The van der Waals surface area contributed by atoms with Crippen LogP contribution in [0.2, 0.25) is 0 Å². The Morgan fingerprint density at radius 3 is 3.05 bits per heavy atom. The largest absolute Gasteiger partial charge is 0.490 e. The van der Waals surface area contributed by atoms with E-state index in [0.29, 0.717) is 24.7 Å². The van der Waals surface area contributed by atoms with Crippen LogP contribution >= 0.6 is 11.8 Å². The quantitative estimate of drug-likeness (QED) is 0.809. The molecule has 0 fully saturated rings. The van der Waals surface area contributed by atoms with Crippen LogP contribution in [0, 0.1) is 5.82 Å². The minimum Gasteiger partial charge on any atom is -0.490 e. The van der Waals surface area contributed by atoms with E-state index in [9.17, 15) is 4.39 Å². The first-order chi connectivity index (χ1) is 10.3. The Morgan fingerprint density at radius 2 is 2.10 bits per heavy atom. The van der Waals surface area contributed by atoms with Gasteiger partial charge in [-0.15, -0.1) is 11.8 Å². The van der Waals surface area contributed by atoms with Gasteiger partial charge in [0.2, 0.25) is 0 Å². The molecule has 0 saturated heterocycles. The number of rotatable bonds is 1. The van der Waals surface area contributed by atoms with Gasteiger partial charge in [0.05, 0.1) is 23.4 Å². The molecule has 0 radical (unpaired) electrons. The molecule has 0 bridgehead atoms. The summed E-state index contributed by atoms with van der Waals surface area (Å²) in [6, 6.07) is 6.24. The van der Waals surface area contributed by atoms with Gasteiger partial charge in [-0.1, -0.05) is 0 Å². The molecule has 4 rings (SSSR count). The molecule has 1 atom stereocenters. The molecular weight excluding hydrogens is 293 g/mol. The Bertz CT molecular complexity index is 695. The molecule has 2 aliphatic rings. The van der Waals surface area contributed by atoms with Crippen molar-refractivity contribution in [3.63, 3.8) is 0 Å². The lowest BCUT2D eigenvalue weighted by Crippen LogP contribution is -2.23. The highest BCUT2D eigenvalue weighted by Crippen LogP contribution is 2.38. The van der Waals surface area contributed by atoms with Crippen LogP contribution in [0.5, 0.6) is 17.2 Å². The summed E-state index contributed by atoms with van der Waals surface area (Å²) in [6.45, 7) is 1.02. The molecule has 0 N–H and O–H groups in total.